The first kappa shape index (κ1) is 17.8. The van der Waals surface area contributed by atoms with E-state index in [1.165, 1.54) is 0 Å². The Morgan fingerprint density at radius 2 is 2.11 bits per heavy atom. The van der Waals surface area contributed by atoms with Gasteiger partial charge in [-0.1, -0.05) is 0 Å². The van der Waals surface area contributed by atoms with Crippen LogP contribution in [-0.4, -0.2) is 33.1 Å². The van der Waals surface area contributed by atoms with E-state index in [0.717, 1.165) is 31.6 Å². The predicted octanol–water partition coefficient (Wildman–Crippen LogP) is 4.21. The molecule has 1 saturated carbocycles. The minimum atomic E-state index is -0.576. The molecule has 0 bridgehead atoms. The van der Waals surface area contributed by atoms with Crippen molar-refractivity contribution in [3.63, 3.8) is 0 Å². The summed E-state index contributed by atoms with van der Waals surface area (Å²) in [4.78, 5) is 16.1. The maximum atomic E-state index is 11.9. The molecule has 27 heavy (non-hydrogen) atoms. The molecule has 2 fully saturated rings. The molecule has 1 amide bonds. The summed E-state index contributed by atoms with van der Waals surface area (Å²) < 4.78 is 18.9. The van der Waals surface area contributed by atoms with Gasteiger partial charge in [-0.15, -0.1) is 0 Å². The number of hydrogen-bond acceptors (Lipinski definition) is 6. The number of nitrogens with zero attached hydrogens (tertiary/aromatic N) is 3. The molecular formula is C19H24N4O4. The fraction of sp³-hybridized carbons (Fsp3) is 0.526. The number of carbonyl (C=O) groups is 1. The summed E-state index contributed by atoms with van der Waals surface area (Å²) in [5, 5.41) is 7.28. The Labute approximate surface area is 157 Å². The first-order chi connectivity index (χ1) is 12.9. The van der Waals surface area contributed by atoms with Gasteiger partial charge in [0.25, 0.3) is 0 Å². The summed E-state index contributed by atoms with van der Waals surface area (Å²) in [6, 6.07) is 3.85. The Bertz CT molecular complexity index is 834. The molecule has 4 rings (SSSR count). The van der Waals surface area contributed by atoms with Crippen LogP contribution >= 0.6 is 0 Å². The van der Waals surface area contributed by atoms with Crippen molar-refractivity contribution in [2.45, 2.75) is 57.8 Å². The zero-order chi connectivity index (χ0) is 19.0. The van der Waals surface area contributed by atoms with Gasteiger partial charge in [0, 0.05) is 18.7 Å². The molecule has 1 atom stereocenters. The van der Waals surface area contributed by atoms with E-state index < -0.39 is 11.7 Å². The van der Waals surface area contributed by atoms with E-state index in [1.807, 2.05) is 10.9 Å². The van der Waals surface area contributed by atoms with Crippen LogP contribution in [0.4, 0.5) is 10.6 Å². The Morgan fingerprint density at radius 1 is 1.33 bits per heavy atom. The molecule has 1 N–H and O–H groups in total. The van der Waals surface area contributed by atoms with E-state index in [2.05, 4.69) is 15.4 Å². The van der Waals surface area contributed by atoms with Crippen molar-refractivity contribution in [2.75, 3.05) is 11.9 Å². The Kier molecular flexibility index (Phi) is 4.51. The average molecular weight is 372 g/mol. The van der Waals surface area contributed by atoms with Crippen molar-refractivity contribution in [1.29, 1.82) is 0 Å². The molecular weight excluding hydrogens is 348 g/mol. The number of aromatic nitrogens is 3. The van der Waals surface area contributed by atoms with Gasteiger partial charge in [-0.25, -0.2) is 9.78 Å². The third kappa shape index (κ3) is 4.39. The van der Waals surface area contributed by atoms with Crippen LogP contribution in [0.2, 0.25) is 0 Å². The van der Waals surface area contributed by atoms with Gasteiger partial charge in [-0.05, 0) is 39.7 Å². The number of ether oxygens (including phenoxy) is 3. The van der Waals surface area contributed by atoms with Crippen LogP contribution in [0.3, 0.4) is 0 Å². The SMILES string of the molecule is CC(C)(C)OC(=O)Nc1cc(Oc2cn(C3CC3)nc2C2CCO2)ccn1. The van der Waals surface area contributed by atoms with Crippen LogP contribution in [0.15, 0.2) is 24.5 Å². The van der Waals surface area contributed by atoms with Gasteiger partial charge in [0.1, 0.15) is 29.0 Å². The largest absolute Gasteiger partial charge is 0.453 e. The second-order valence-electron chi connectivity index (χ2n) is 7.84. The van der Waals surface area contributed by atoms with Crippen LogP contribution in [0.25, 0.3) is 0 Å². The lowest BCUT2D eigenvalue weighted by atomic mass is 10.1. The van der Waals surface area contributed by atoms with Gasteiger partial charge in [0.2, 0.25) is 0 Å². The summed E-state index contributed by atoms with van der Waals surface area (Å²) in [6.07, 6.45) is 6.16. The zero-order valence-corrected chi connectivity index (χ0v) is 15.8. The molecule has 0 aromatic carbocycles. The number of rotatable bonds is 5. The summed E-state index contributed by atoms with van der Waals surface area (Å²) in [6.45, 7) is 6.17. The first-order valence-electron chi connectivity index (χ1n) is 9.22. The van der Waals surface area contributed by atoms with E-state index in [4.69, 9.17) is 14.2 Å². The molecule has 1 unspecified atom stereocenters. The minimum Gasteiger partial charge on any atom is -0.453 e. The predicted molar refractivity (Wildman–Crippen MR) is 98.0 cm³/mol. The van der Waals surface area contributed by atoms with Gasteiger partial charge >= 0.3 is 6.09 Å². The summed E-state index contributed by atoms with van der Waals surface area (Å²) >= 11 is 0. The molecule has 8 heteroatoms. The normalized spacial score (nSPS) is 19.3. The number of nitrogens with one attached hydrogen (secondary N) is 1. The van der Waals surface area contributed by atoms with Crippen LogP contribution in [0.5, 0.6) is 11.5 Å². The molecule has 1 aliphatic carbocycles. The van der Waals surface area contributed by atoms with Crippen molar-refractivity contribution in [3.05, 3.63) is 30.2 Å². The summed E-state index contributed by atoms with van der Waals surface area (Å²) in [7, 11) is 0. The van der Waals surface area contributed by atoms with E-state index in [-0.39, 0.29) is 6.10 Å². The van der Waals surface area contributed by atoms with Gasteiger partial charge < -0.3 is 14.2 Å². The highest BCUT2D eigenvalue weighted by atomic mass is 16.6. The Hall–Kier alpha value is -2.61. The quantitative estimate of drug-likeness (QED) is 0.846. The molecule has 1 saturated heterocycles. The molecule has 3 heterocycles. The molecule has 144 valence electrons. The standard InChI is InChI=1S/C19H24N4O4/c1-19(2,3)27-18(24)21-16-10-13(6-8-20-16)26-15-11-23(12-4-5-12)22-17(15)14-7-9-25-14/h6,8,10-12,14H,4-5,7,9H2,1-3H3,(H,20,21,24). The Morgan fingerprint density at radius 3 is 2.74 bits per heavy atom. The van der Waals surface area contributed by atoms with Gasteiger partial charge in [-0.2, -0.15) is 5.10 Å². The van der Waals surface area contributed by atoms with E-state index in [1.54, 1.807) is 39.1 Å². The zero-order valence-electron chi connectivity index (χ0n) is 15.8. The lowest BCUT2D eigenvalue weighted by Gasteiger charge is -2.25. The third-order valence-electron chi connectivity index (χ3n) is 4.24. The van der Waals surface area contributed by atoms with Crippen LogP contribution in [-0.2, 0) is 9.47 Å². The van der Waals surface area contributed by atoms with Gasteiger partial charge in [-0.3, -0.25) is 10.00 Å². The molecule has 8 nitrogen and oxygen atoms in total. The second-order valence-corrected chi connectivity index (χ2v) is 7.84. The highest BCUT2D eigenvalue weighted by Crippen LogP contribution is 2.41. The fourth-order valence-electron chi connectivity index (χ4n) is 2.75. The number of pyridine rings is 1. The van der Waals surface area contributed by atoms with Gasteiger partial charge in [0.15, 0.2) is 5.75 Å². The number of amides is 1. The molecule has 2 aliphatic rings. The summed E-state index contributed by atoms with van der Waals surface area (Å²) in [5.41, 5.74) is 0.249. The molecule has 2 aromatic rings. The highest BCUT2D eigenvalue weighted by Gasteiger charge is 2.32. The first-order valence-corrected chi connectivity index (χ1v) is 9.22. The monoisotopic (exact) mass is 372 g/mol. The minimum absolute atomic E-state index is 0.0128. The smallest absolute Gasteiger partial charge is 0.413 e. The number of carbonyl (C=O) groups excluding carboxylic acids is 1. The van der Waals surface area contributed by atoms with E-state index in [0.29, 0.717) is 23.4 Å². The lowest BCUT2D eigenvalue weighted by Crippen LogP contribution is -2.27. The molecule has 0 radical (unpaired) electrons. The van der Waals surface area contributed by atoms with E-state index in [9.17, 15) is 4.79 Å². The van der Waals surface area contributed by atoms with Crippen molar-refractivity contribution < 1.29 is 19.0 Å². The fourth-order valence-corrected chi connectivity index (χ4v) is 2.75. The maximum Gasteiger partial charge on any atom is 0.413 e. The second kappa shape index (κ2) is 6.84. The van der Waals surface area contributed by atoms with Crippen LogP contribution in [0.1, 0.15) is 57.9 Å². The summed E-state index contributed by atoms with van der Waals surface area (Å²) in [5.74, 6) is 1.60. The third-order valence-corrected chi connectivity index (χ3v) is 4.24. The molecule has 0 spiro atoms. The molecule has 2 aromatic heterocycles. The lowest BCUT2D eigenvalue weighted by molar-refractivity contribution is -0.0564. The maximum absolute atomic E-state index is 11.9. The van der Waals surface area contributed by atoms with Gasteiger partial charge in [0.05, 0.1) is 18.8 Å². The average Bonchev–Trinajstić information content (AvgIpc) is 3.28. The van der Waals surface area contributed by atoms with Crippen molar-refractivity contribution in [1.82, 2.24) is 14.8 Å². The number of hydrogen-bond donors (Lipinski definition) is 1. The van der Waals surface area contributed by atoms with Crippen LogP contribution in [0, 0.1) is 0 Å². The van der Waals surface area contributed by atoms with Crippen LogP contribution < -0.4 is 10.1 Å². The van der Waals surface area contributed by atoms with Crippen molar-refractivity contribution in [2.24, 2.45) is 0 Å². The van der Waals surface area contributed by atoms with Crippen molar-refractivity contribution in [3.8, 4) is 11.5 Å². The highest BCUT2D eigenvalue weighted by molar-refractivity contribution is 5.83. The molecule has 1 aliphatic heterocycles. The van der Waals surface area contributed by atoms with Crippen molar-refractivity contribution >= 4 is 11.9 Å². The van der Waals surface area contributed by atoms with E-state index >= 15 is 0 Å². The topological polar surface area (TPSA) is 87.5 Å². The number of anilines is 1. The Balaban J connectivity index is 1.49.